The molecule has 0 aliphatic heterocycles. The second-order valence-corrected chi connectivity index (χ2v) is 2.24. The first-order valence-electron chi connectivity index (χ1n) is 2.22. The van der Waals surface area contributed by atoms with Crippen molar-refractivity contribution in [2.45, 2.75) is 6.92 Å². The topological polar surface area (TPSA) is 66.4 Å². The Kier molecular flexibility index (Phi) is 7.63. The molecule has 0 fully saturated rings. The summed E-state index contributed by atoms with van der Waals surface area (Å²) in [6, 6.07) is 0. The van der Waals surface area contributed by atoms with Crippen molar-refractivity contribution >= 4 is 10.4 Å². The smallest absolute Gasteiger partial charge is 0.371 e. The third-order valence-electron chi connectivity index (χ3n) is 0.244. The molecular formula is C3H10FNO3S. The maximum absolute atomic E-state index is 11.0. The molecule has 0 spiro atoms. The lowest BCUT2D eigenvalue weighted by molar-refractivity contribution is 0.318. The van der Waals surface area contributed by atoms with Gasteiger partial charge in [-0.1, -0.05) is 3.89 Å². The van der Waals surface area contributed by atoms with Crippen molar-refractivity contribution in [3.63, 3.8) is 0 Å². The van der Waals surface area contributed by atoms with E-state index in [-0.39, 0.29) is 6.61 Å². The fourth-order valence-corrected chi connectivity index (χ4v) is 0. The SMILES string of the molecule is CCO.CNS(=O)(=O)F. The van der Waals surface area contributed by atoms with Crippen LogP contribution in [0.4, 0.5) is 3.89 Å². The minimum Gasteiger partial charge on any atom is -0.397 e. The number of hydrogen-bond donors (Lipinski definition) is 2. The highest BCUT2D eigenvalue weighted by Crippen LogP contribution is 1.75. The lowest BCUT2D eigenvalue weighted by Crippen LogP contribution is -2.11. The molecule has 9 heavy (non-hydrogen) atoms. The lowest BCUT2D eigenvalue weighted by Gasteiger charge is -1.79. The van der Waals surface area contributed by atoms with Crippen LogP contribution in [0, 0.1) is 0 Å². The molecule has 0 aromatic carbocycles. The molecule has 0 amide bonds. The minimum absolute atomic E-state index is 0.250. The molecule has 0 aromatic rings. The zero-order valence-electron chi connectivity index (χ0n) is 5.26. The van der Waals surface area contributed by atoms with Crippen LogP contribution in [-0.2, 0) is 10.4 Å². The molecule has 0 rings (SSSR count). The summed E-state index contributed by atoms with van der Waals surface area (Å²) in [4.78, 5) is 0. The van der Waals surface area contributed by atoms with Crippen molar-refractivity contribution in [3.05, 3.63) is 0 Å². The van der Waals surface area contributed by atoms with Crippen LogP contribution in [0.15, 0.2) is 0 Å². The van der Waals surface area contributed by atoms with Crippen LogP contribution in [0.25, 0.3) is 0 Å². The summed E-state index contributed by atoms with van der Waals surface area (Å²) in [5.74, 6) is 0. The van der Waals surface area contributed by atoms with Crippen LogP contribution in [0.3, 0.4) is 0 Å². The molecule has 0 saturated heterocycles. The number of aliphatic hydroxyl groups excluding tert-OH is 1. The highest BCUT2D eigenvalue weighted by atomic mass is 32.3. The monoisotopic (exact) mass is 159 g/mol. The first-order valence-corrected chi connectivity index (χ1v) is 3.60. The fraction of sp³-hybridized carbons (Fsp3) is 1.00. The molecular weight excluding hydrogens is 149 g/mol. The number of hydrogen-bond acceptors (Lipinski definition) is 3. The number of nitrogens with one attached hydrogen (secondary N) is 1. The molecule has 0 heterocycles. The summed E-state index contributed by atoms with van der Waals surface area (Å²) in [6.07, 6.45) is 0. The molecule has 0 saturated carbocycles. The Morgan fingerprint density at radius 3 is 1.78 bits per heavy atom. The molecule has 2 N–H and O–H groups in total. The van der Waals surface area contributed by atoms with Crippen molar-refractivity contribution < 1.29 is 17.4 Å². The van der Waals surface area contributed by atoms with Crippen molar-refractivity contribution in [1.82, 2.24) is 4.72 Å². The molecule has 0 aliphatic carbocycles. The van der Waals surface area contributed by atoms with Gasteiger partial charge in [0.1, 0.15) is 0 Å². The van der Waals surface area contributed by atoms with E-state index in [1.54, 1.807) is 6.92 Å². The van der Waals surface area contributed by atoms with E-state index in [0.717, 1.165) is 7.05 Å². The molecule has 58 valence electrons. The molecule has 0 atom stereocenters. The van der Waals surface area contributed by atoms with Gasteiger partial charge in [0, 0.05) is 13.7 Å². The highest BCUT2D eigenvalue weighted by Gasteiger charge is 1.95. The van der Waals surface area contributed by atoms with E-state index >= 15 is 0 Å². The van der Waals surface area contributed by atoms with Gasteiger partial charge in [0.25, 0.3) is 0 Å². The molecule has 0 aliphatic rings. The summed E-state index contributed by atoms with van der Waals surface area (Å²) < 4.78 is 30.8. The van der Waals surface area contributed by atoms with Crippen LogP contribution in [0.2, 0.25) is 0 Å². The van der Waals surface area contributed by atoms with Gasteiger partial charge in [-0.3, -0.25) is 0 Å². The molecule has 0 bridgehead atoms. The molecule has 4 nitrogen and oxygen atoms in total. The molecule has 0 aromatic heterocycles. The van der Waals surface area contributed by atoms with E-state index in [9.17, 15) is 12.3 Å². The van der Waals surface area contributed by atoms with E-state index in [1.807, 2.05) is 0 Å². The number of halogens is 1. The van der Waals surface area contributed by atoms with Crippen molar-refractivity contribution in [2.24, 2.45) is 0 Å². The highest BCUT2D eigenvalue weighted by molar-refractivity contribution is 7.84. The van der Waals surface area contributed by atoms with E-state index in [1.165, 1.54) is 4.72 Å². The van der Waals surface area contributed by atoms with Crippen LogP contribution in [-0.4, -0.2) is 27.2 Å². The molecule has 0 unspecified atom stereocenters. The quantitative estimate of drug-likeness (QED) is 0.503. The zero-order chi connectivity index (χ0) is 7.91. The number of rotatable bonds is 1. The second kappa shape index (κ2) is 5.93. The van der Waals surface area contributed by atoms with Crippen LogP contribution < -0.4 is 4.72 Å². The summed E-state index contributed by atoms with van der Waals surface area (Å²) in [5, 5.41) is 7.57. The Hall–Kier alpha value is -0.200. The standard InChI is InChI=1S/C2H6O.CH4FNO2S/c1-2-3;1-3-6(2,4)5/h3H,2H2,1H3;3H,1H3. The van der Waals surface area contributed by atoms with Crippen molar-refractivity contribution in [2.75, 3.05) is 13.7 Å². The lowest BCUT2D eigenvalue weighted by atomic mass is 10.9. The van der Waals surface area contributed by atoms with Gasteiger partial charge < -0.3 is 5.11 Å². The van der Waals surface area contributed by atoms with Gasteiger partial charge in [-0.2, -0.15) is 13.1 Å². The van der Waals surface area contributed by atoms with Crippen molar-refractivity contribution in [1.29, 1.82) is 0 Å². The van der Waals surface area contributed by atoms with E-state index in [2.05, 4.69) is 0 Å². The van der Waals surface area contributed by atoms with Crippen LogP contribution >= 0.6 is 0 Å². The van der Waals surface area contributed by atoms with Crippen LogP contribution in [0.1, 0.15) is 6.92 Å². The van der Waals surface area contributed by atoms with Gasteiger partial charge in [-0.25, -0.2) is 0 Å². The normalized spacial score (nSPS) is 9.78. The van der Waals surface area contributed by atoms with Gasteiger partial charge >= 0.3 is 10.4 Å². The second-order valence-electron chi connectivity index (χ2n) is 0.958. The van der Waals surface area contributed by atoms with Gasteiger partial charge in [-0.15, -0.1) is 0 Å². The van der Waals surface area contributed by atoms with Gasteiger partial charge in [0.15, 0.2) is 0 Å². The Morgan fingerprint density at radius 1 is 1.67 bits per heavy atom. The summed E-state index contributed by atoms with van der Waals surface area (Å²) in [6.45, 7) is 1.93. The Bertz CT molecular complexity index is 132. The van der Waals surface area contributed by atoms with E-state index < -0.39 is 10.4 Å². The Morgan fingerprint density at radius 2 is 1.78 bits per heavy atom. The zero-order valence-corrected chi connectivity index (χ0v) is 6.07. The summed E-state index contributed by atoms with van der Waals surface area (Å²) in [5.41, 5.74) is 0. The summed E-state index contributed by atoms with van der Waals surface area (Å²) in [7, 11) is -3.42. The predicted molar refractivity (Wildman–Crippen MR) is 31.8 cm³/mol. The average molecular weight is 159 g/mol. The molecule has 6 heteroatoms. The first kappa shape index (κ1) is 11.6. The van der Waals surface area contributed by atoms with Gasteiger partial charge in [0.05, 0.1) is 0 Å². The van der Waals surface area contributed by atoms with E-state index in [4.69, 9.17) is 5.11 Å². The van der Waals surface area contributed by atoms with Crippen molar-refractivity contribution in [3.8, 4) is 0 Å². The largest absolute Gasteiger partial charge is 0.397 e. The van der Waals surface area contributed by atoms with Crippen LogP contribution in [0.5, 0.6) is 0 Å². The third-order valence-corrected chi connectivity index (χ3v) is 0.731. The Balaban J connectivity index is 0. The number of aliphatic hydroxyl groups is 1. The van der Waals surface area contributed by atoms with Gasteiger partial charge in [-0.05, 0) is 6.92 Å². The molecule has 0 radical (unpaired) electrons. The predicted octanol–water partition coefficient (Wildman–Crippen LogP) is -0.581. The Labute approximate surface area is 54.0 Å². The first-order chi connectivity index (χ1) is 3.97. The maximum atomic E-state index is 11.0. The minimum atomic E-state index is -4.41. The average Bonchev–Trinajstić information content (AvgIpc) is 1.67. The third kappa shape index (κ3) is 33.5. The van der Waals surface area contributed by atoms with Gasteiger partial charge in [0.2, 0.25) is 0 Å². The summed E-state index contributed by atoms with van der Waals surface area (Å²) >= 11 is 0. The van der Waals surface area contributed by atoms with E-state index in [0.29, 0.717) is 0 Å². The maximum Gasteiger partial charge on any atom is 0.371 e. The fourth-order valence-electron chi connectivity index (χ4n) is 0.